The molecule has 0 saturated heterocycles. The van der Waals surface area contributed by atoms with Gasteiger partial charge in [-0.1, -0.05) is 37.6 Å². The Kier molecular flexibility index (Phi) is 3.33. The van der Waals surface area contributed by atoms with E-state index in [-0.39, 0.29) is 0 Å². The van der Waals surface area contributed by atoms with E-state index in [1.54, 1.807) is 0 Å². The second-order valence-corrected chi connectivity index (χ2v) is 4.06. The van der Waals surface area contributed by atoms with Gasteiger partial charge in [-0.3, -0.25) is 0 Å². The van der Waals surface area contributed by atoms with Gasteiger partial charge in [0.05, 0.1) is 5.60 Å². The molecule has 78 valence electrons. The fourth-order valence-corrected chi connectivity index (χ4v) is 1.97. The number of benzene rings is 1. The Hall–Kier alpha value is -0.820. The van der Waals surface area contributed by atoms with Crippen LogP contribution >= 0.6 is 0 Å². The summed E-state index contributed by atoms with van der Waals surface area (Å²) in [5.41, 5.74) is 2.88. The van der Waals surface area contributed by atoms with Gasteiger partial charge >= 0.3 is 0 Å². The molecule has 1 rings (SSSR count). The summed E-state index contributed by atoms with van der Waals surface area (Å²) in [5.74, 6) is 0. The molecule has 1 N–H and O–H groups in total. The Morgan fingerprint density at radius 3 is 2.14 bits per heavy atom. The van der Waals surface area contributed by atoms with E-state index in [0.717, 1.165) is 18.4 Å². The van der Waals surface area contributed by atoms with Crippen molar-refractivity contribution in [1.29, 1.82) is 0 Å². The molecule has 0 aliphatic carbocycles. The molecule has 14 heavy (non-hydrogen) atoms. The first-order chi connectivity index (χ1) is 6.53. The van der Waals surface area contributed by atoms with Crippen molar-refractivity contribution < 1.29 is 5.11 Å². The molecule has 0 amide bonds. The largest absolute Gasteiger partial charge is 0.385 e. The van der Waals surface area contributed by atoms with Gasteiger partial charge in [0.1, 0.15) is 0 Å². The summed E-state index contributed by atoms with van der Waals surface area (Å²) < 4.78 is 0. The Bertz CT molecular complexity index is 311. The van der Waals surface area contributed by atoms with E-state index in [9.17, 15) is 5.11 Å². The lowest BCUT2D eigenvalue weighted by Crippen LogP contribution is -2.24. The molecule has 0 aliphatic heterocycles. The highest BCUT2D eigenvalue weighted by Gasteiger charge is 2.25. The number of rotatable bonds is 3. The van der Waals surface area contributed by atoms with Crippen molar-refractivity contribution in [1.82, 2.24) is 0 Å². The van der Waals surface area contributed by atoms with Gasteiger partial charge in [0, 0.05) is 0 Å². The number of aliphatic hydroxyl groups is 1. The van der Waals surface area contributed by atoms with Gasteiger partial charge in [0.15, 0.2) is 0 Å². The quantitative estimate of drug-likeness (QED) is 0.779. The van der Waals surface area contributed by atoms with E-state index in [1.807, 2.05) is 13.8 Å². The molecular formula is C13H20O. The molecule has 1 heteroatoms. The van der Waals surface area contributed by atoms with Crippen molar-refractivity contribution in [2.45, 2.75) is 46.1 Å². The lowest BCUT2D eigenvalue weighted by atomic mass is 9.85. The summed E-state index contributed by atoms with van der Waals surface area (Å²) in [7, 11) is 0. The lowest BCUT2D eigenvalue weighted by molar-refractivity contribution is 0.0277. The number of hydrogen-bond donors (Lipinski definition) is 1. The van der Waals surface area contributed by atoms with Crippen molar-refractivity contribution in [2.75, 3.05) is 0 Å². The van der Waals surface area contributed by atoms with Crippen LogP contribution in [0.2, 0.25) is 0 Å². The Morgan fingerprint density at radius 2 is 1.71 bits per heavy atom. The minimum atomic E-state index is -0.641. The highest BCUT2D eigenvalue weighted by atomic mass is 16.3. The number of aryl methyl sites for hydroxylation is 2. The highest BCUT2D eigenvalue weighted by molar-refractivity contribution is 5.34. The van der Waals surface area contributed by atoms with Crippen LogP contribution in [0.5, 0.6) is 0 Å². The summed E-state index contributed by atoms with van der Waals surface area (Å²) in [6, 6.07) is 6.25. The standard InChI is InChI=1S/C13H20O/c1-5-13(14,6-2)12-8-7-10(3)9-11(12)4/h7-9,14H,5-6H2,1-4H3. The Balaban J connectivity index is 3.17. The van der Waals surface area contributed by atoms with Crippen molar-refractivity contribution in [3.05, 3.63) is 34.9 Å². The fourth-order valence-electron chi connectivity index (χ4n) is 1.97. The zero-order chi connectivity index (χ0) is 10.8. The first-order valence-corrected chi connectivity index (χ1v) is 5.33. The fraction of sp³-hybridized carbons (Fsp3) is 0.538. The normalized spacial score (nSPS) is 11.8. The molecule has 1 aromatic rings. The molecule has 0 spiro atoms. The van der Waals surface area contributed by atoms with Crippen LogP contribution in [0.3, 0.4) is 0 Å². The smallest absolute Gasteiger partial charge is 0.0893 e. The van der Waals surface area contributed by atoms with Crippen molar-refractivity contribution in [3.63, 3.8) is 0 Å². The van der Waals surface area contributed by atoms with Gasteiger partial charge in [0.25, 0.3) is 0 Å². The summed E-state index contributed by atoms with van der Waals surface area (Å²) in [6.45, 7) is 8.21. The molecule has 0 saturated carbocycles. The molecule has 1 nitrogen and oxygen atoms in total. The molecular weight excluding hydrogens is 172 g/mol. The van der Waals surface area contributed by atoms with Crippen LogP contribution in [0.4, 0.5) is 0 Å². The number of hydrogen-bond acceptors (Lipinski definition) is 1. The van der Waals surface area contributed by atoms with E-state index in [2.05, 4.69) is 32.0 Å². The van der Waals surface area contributed by atoms with Crippen LogP contribution in [0.1, 0.15) is 43.4 Å². The molecule has 1 aromatic carbocycles. The molecule has 0 aliphatic rings. The van der Waals surface area contributed by atoms with Crippen molar-refractivity contribution >= 4 is 0 Å². The van der Waals surface area contributed by atoms with Gasteiger partial charge in [0.2, 0.25) is 0 Å². The zero-order valence-electron chi connectivity index (χ0n) is 9.59. The van der Waals surface area contributed by atoms with Crippen molar-refractivity contribution in [2.24, 2.45) is 0 Å². The van der Waals surface area contributed by atoms with Gasteiger partial charge in [-0.05, 0) is 37.8 Å². The summed E-state index contributed by atoms with van der Waals surface area (Å²) in [6.07, 6.45) is 1.54. The molecule has 0 unspecified atom stereocenters. The third-order valence-corrected chi connectivity index (χ3v) is 3.05. The topological polar surface area (TPSA) is 20.2 Å². The van der Waals surface area contributed by atoms with Gasteiger partial charge in [-0.2, -0.15) is 0 Å². The van der Waals surface area contributed by atoms with Crippen LogP contribution in [0, 0.1) is 13.8 Å². The molecule has 0 aromatic heterocycles. The van der Waals surface area contributed by atoms with E-state index in [1.165, 1.54) is 11.1 Å². The second kappa shape index (κ2) is 4.14. The van der Waals surface area contributed by atoms with Crippen LogP contribution in [0.25, 0.3) is 0 Å². The van der Waals surface area contributed by atoms with E-state index >= 15 is 0 Å². The summed E-state index contributed by atoms with van der Waals surface area (Å²) in [4.78, 5) is 0. The van der Waals surface area contributed by atoms with E-state index < -0.39 is 5.60 Å². The van der Waals surface area contributed by atoms with E-state index in [4.69, 9.17) is 0 Å². The monoisotopic (exact) mass is 192 g/mol. The third-order valence-electron chi connectivity index (χ3n) is 3.05. The van der Waals surface area contributed by atoms with E-state index in [0.29, 0.717) is 0 Å². The van der Waals surface area contributed by atoms with Crippen LogP contribution in [-0.4, -0.2) is 5.11 Å². The average molecular weight is 192 g/mol. The molecule has 0 atom stereocenters. The molecule has 0 bridgehead atoms. The zero-order valence-corrected chi connectivity index (χ0v) is 9.59. The minimum absolute atomic E-state index is 0.641. The van der Waals surface area contributed by atoms with Gasteiger partial charge in [-0.15, -0.1) is 0 Å². The summed E-state index contributed by atoms with van der Waals surface area (Å²) in [5, 5.41) is 10.4. The minimum Gasteiger partial charge on any atom is -0.385 e. The maximum absolute atomic E-state index is 10.4. The maximum atomic E-state index is 10.4. The maximum Gasteiger partial charge on any atom is 0.0893 e. The lowest BCUT2D eigenvalue weighted by Gasteiger charge is -2.27. The average Bonchev–Trinajstić information content (AvgIpc) is 2.17. The SMILES string of the molecule is CCC(O)(CC)c1ccc(C)cc1C. The molecule has 0 heterocycles. The predicted octanol–water partition coefficient (Wildman–Crippen LogP) is 3.31. The first-order valence-electron chi connectivity index (χ1n) is 5.33. The Labute approximate surface area is 86.8 Å². The predicted molar refractivity (Wildman–Crippen MR) is 60.4 cm³/mol. The van der Waals surface area contributed by atoms with Crippen LogP contribution < -0.4 is 0 Å². The molecule has 0 radical (unpaired) electrons. The van der Waals surface area contributed by atoms with Gasteiger partial charge < -0.3 is 5.11 Å². The first kappa shape index (κ1) is 11.3. The second-order valence-electron chi connectivity index (χ2n) is 4.06. The Morgan fingerprint density at radius 1 is 1.14 bits per heavy atom. The third kappa shape index (κ3) is 1.98. The summed E-state index contributed by atoms with van der Waals surface area (Å²) >= 11 is 0. The van der Waals surface area contributed by atoms with Crippen LogP contribution in [0.15, 0.2) is 18.2 Å². The molecule has 0 fully saturated rings. The van der Waals surface area contributed by atoms with Crippen LogP contribution in [-0.2, 0) is 5.60 Å². The highest BCUT2D eigenvalue weighted by Crippen LogP contribution is 2.31. The van der Waals surface area contributed by atoms with Crippen molar-refractivity contribution in [3.8, 4) is 0 Å². The van der Waals surface area contributed by atoms with Gasteiger partial charge in [-0.25, -0.2) is 0 Å².